The van der Waals surface area contributed by atoms with E-state index in [1.807, 2.05) is 19.1 Å². The Bertz CT molecular complexity index is 597. The first-order chi connectivity index (χ1) is 8.50. The molecule has 0 spiro atoms. The molecule has 0 aliphatic heterocycles. The van der Waals surface area contributed by atoms with Crippen LogP contribution in [0.5, 0.6) is 0 Å². The van der Waals surface area contributed by atoms with Crippen LogP contribution >= 0.6 is 27.5 Å². The molecule has 0 aliphatic rings. The highest BCUT2D eigenvalue weighted by Crippen LogP contribution is 2.24. The molecule has 1 aromatic heterocycles. The smallest absolute Gasteiger partial charge is 0.262 e. The molecule has 1 heterocycles. The third-order valence-corrected chi connectivity index (χ3v) is 3.68. The Kier molecular flexibility index (Phi) is 3.73. The van der Waals surface area contributed by atoms with Crippen LogP contribution in [0, 0.1) is 6.92 Å². The number of hydrogen-bond donors (Lipinski definition) is 1. The Morgan fingerprint density at radius 3 is 2.78 bits per heavy atom. The number of nitrogens with zero attached hydrogens (tertiary/aromatic N) is 2. The summed E-state index contributed by atoms with van der Waals surface area (Å²) in [5, 5.41) is 7.11. The van der Waals surface area contributed by atoms with Gasteiger partial charge in [0.15, 0.2) is 0 Å². The molecule has 0 unspecified atom stereocenters. The number of H-pyrrole nitrogens is 1. The van der Waals surface area contributed by atoms with Gasteiger partial charge in [0.1, 0.15) is 4.60 Å². The molecule has 2 rings (SSSR count). The number of benzene rings is 1. The van der Waals surface area contributed by atoms with Gasteiger partial charge in [0.05, 0.1) is 11.8 Å². The highest BCUT2D eigenvalue weighted by Gasteiger charge is 2.18. The molecule has 0 aliphatic carbocycles. The molecule has 1 N–H and O–H groups in total. The molecule has 0 radical (unpaired) electrons. The van der Waals surface area contributed by atoms with E-state index in [4.69, 9.17) is 11.6 Å². The maximum atomic E-state index is 12.2. The van der Waals surface area contributed by atoms with Crippen LogP contribution in [0.3, 0.4) is 0 Å². The van der Waals surface area contributed by atoms with Crippen LogP contribution in [0.1, 0.15) is 15.9 Å². The van der Waals surface area contributed by atoms with E-state index in [1.54, 1.807) is 13.1 Å². The second-order valence-corrected chi connectivity index (χ2v) is 5.10. The van der Waals surface area contributed by atoms with Crippen LogP contribution in [0.15, 0.2) is 29.0 Å². The van der Waals surface area contributed by atoms with Crippen LogP contribution in [0.25, 0.3) is 0 Å². The zero-order valence-electron chi connectivity index (χ0n) is 9.87. The van der Waals surface area contributed by atoms with E-state index >= 15 is 0 Å². The number of carbonyl (C=O) groups excluding carboxylic acids is 1. The standard InChI is InChI=1S/C12H11BrClN3O/c1-7-3-4-8(5-10(7)14)17(2)12(18)9-6-15-16-11(9)13/h3-6H,1-2H3,(H,15,16). The van der Waals surface area contributed by atoms with E-state index < -0.39 is 0 Å². The summed E-state index contributed by atoms with van der Waals surface area (Å²) in [4.78, 5) is 13.7. The molecule has 4 nitrogen and oxygen atoms in total. The third kappa shape index (κ3) is 2.42. The van der Waals surface area contributed by atoms with Crippen LogP contribution in [-0.4, -0.2) is 23.2 Å². The van der Waals surface area contributed by atoms with Crippen LogP contribution < -0.4 is 4.90 Å². The lowest BCUT2D eigenvalue weighted by Crippen LogP contribution is -2.26. The summed E-state index contributed by atoms with van der Waals surface area (Å²) in [5.41, 5.74) is 2.20. The average Bonchev–Trinajstić information content (AvgIpc) is 2.77. The number of aromatic amines is 1. The van der Waals surface area contributed by atoms with E-state index in [9.17, 15) is 4.79 Å². The minimum Gasteiger partial charge on any atom is -0.311 e. The summed E-state index contributed by atoms with van der Waals surface area (Å²) in [6.07, 6.45) is 1.48. The SMILES string of the molecule is Cc1ccc(N(C)C(=O)c2cn[nH]c2Br)cc1Cl. The minimum atomic E-state index is -0.157. The van der Waals surface area contributed by atoms with Gasteiger partial charge in [-0.2, -0.15) is 5.10 Å². The fourth-order valence-corrected chi connectivity index (χ4v) is 2.06. The van der Waals surface area contributed by atoms with E-state index in [1.165, 1.54) is 11.1 Å². The number of aryl methyl sites for hydroxylation is 1. The van der Waals surface area contributed by atoms with Crippen molar-refractivity contribution in [1.29, 1.82) is 0 Å². The van der Waals surface area contributed by atoms with Gasteiger partial charge >= 0.3 is 0 Å². The lowest BCUT2D eigenvalue weighted by atomic mass is 10.2. The molecular weight excluding hydrogens is 318 g/mol. The van der Waals surface area contributed by atoms with Crippen molar-refractivity contribution in [2.45, 2.75) is 6.92 Å². The first-order valence-corrected chi connectivity index (χ1v) is 6.41. The van der Waals surface area contributed by atoms with Gasteiger partial charge in [0.25, 0.3) is 5.91 Å². The Morgan fingerprint density at radius 1 is 1.50 bits per heavy atom. The number of carbonyl (C=O) groups is 1. The Hall–Kier alpha value is -1.33. The highest BCUT2D eigenvalue weighted by atomic mass is 79.9. The second-order valence-electron chi connectivity index (χ2n) is 3.90. The zero-order chi connectivity index (χ0) is 13.3. The molecule has 1 aromatic carbocycles. The van der Waals surface area contributed by atoms with Crippen molar-refractivity contribution in [3.63, 3.8) is 0 Å². The van der Waals surface area contributed by atoms with Crippen LogP contribution in [-0.2, 0) is 0 Å². The van der Waals surface area contributed by atoms with Gasteiger partial charge < -0.3 is 4.90 Å². The molecule has 94 valence electrons. The number of halogens is 2. The summed E-state index contributed by atoms with van der Waals surface area (Å²) in [7, 11) is 1.70. The molecule has 18 heavy (non-hydrogen) atoms. The maximum absolute atomic E-state index is 12.2. The van der Waals surface area contributed by atoms with E-state index in [-0.39, 0.29) is 5.91 Å². The van der Waals surface area contributed by atoms with Gasteiger partial charge in [0.2, 0.25) is 0 Å². The molecule has 0 atom stereocenters. The predicted octanol–water partition coefficient (Wildman–Crippen LogP) is 3.41. The lowest BCUT2D eigenvalue weighted by molar-refractivity contribution is 0.0992. The molecule has 0 saturated carbocycles. The lowest BCUT2D eigenvalue weighted by Gasteiger charge is -2.17. The summed E-state index contributed by atoms with van der Waals surface area (Å²) in [6, 6.07) is 5.50. The summed E-state index contributed by atoms with van der Waals surface area (Å²) in [5.74, 6) is -0.157. The van der Waals surface area contributed by atoms with E-state index in [2.05, 4.69) is 26.1 Å². The number of amides is 1. The topological polar surface area (TPSA) is 49.0 Å². The number of anilines is 1. The van der Waals surface area contributed by atoms with Crippen LogP contribution in [0.2, 0.25) is 5.02 Å². The zero-order valence-corrected chi connectivity index (χ0v) is 12.2. The van der Waals surface area contributed by atoms with Gasteiger partial charge in [-0.3, -0.25) is 9.89 Å². The largest absolute Gasteiger partial charge is 0.311 e. The Balaban J connectivity index is 2.31. The highest BCUT2D eigenvalue weighted by molar-refractivity contribution is 9.10. The minimum absolute atomic E-state index is 0.157. The van der Waals surface area contributed by atoms with E-state index in [0.29, 0.717) is 15.2 Å². The first-order valence-electron chi connectivity index (χ1n) is 5.24. The molecule has 0 fully saturated rings. The van der Waals surface area contributed by atoms with Crippen molar-refractivity contribution in [1.82, 2.24) is 10.2 Å². The summed E-state index contributed by atoms with van der Waals surface area (Å²) < 4.78 is 0.567. The molecule has 0 saturated heterocycles. The summed E-state index contributed by atoms with van der Waals surface area (Å²) >= 11 is 9.30. The van der Waals surface area contributed by atoms with Crippen molar-refractivity contribution < 1.29 is 4.79 Å². The number of nitrogens with one attached hydrogen (secondary N) is 1. The molecule has 2 aromatic rings. The van der Waals surface area contributed by atoms with Gasteiger partial charge in [0, 0.05) is 17.8 Å². The molecule has 1 amide bonds. The first kappa shape index (κ1) is 13.1. The summed E-state index contributed by atoms with van der Waals surface area (Å²) in [6.45, 7) is 1.92. The molecule has 0 bridgehead atoms. The third-order valence-electron chi connectivity index (χ3n) is 2.67. The quantitative estimate of drug-likeness (QED) is 0.918. The van der Waals surface area contributed by atoms with Crippen molar-refractivity contribution >= 4 is 39.1 Å². The Morgan fingerprint density at radius 2 is 2.22 bits per heavy atom. The van der Waals surface area contributed by atoms with Gasteiger partial charge in [-0.25, -0.2) is 0 Å². The normalized spacial score (nSPS) is 10.4. The van der Waals surface area contributed by atoms with Crippen molar-refractivity contribution in [2.24, 2.45) is 0 Å². The maximum Gasteiger partial charge on any atom is 0.262 e. The number of aromatic nitrogens is 2. The average molecular weight is 329 g/mol. The number of rotatable bonds is 2. The van der Waals surface area contributed by atoms with Crippen molar-refractivity contribution in [3.8, 4) is 0 Å². The van der Waals surface area contributed by atoms with E-state index in [0.717, 1.165) is 11.3 Å². The fourth-order valence-electron chi connectivity index (χ4n) is 1.51. The fraction of sp³-hybridized carbons (Fsp3) is 0.167. The molecular formula is C12H11BrClN3O. The van der Waals surface area contributed by atoms with Crippen molar-refractivity contribution in [3.05, 3.63) is 45.1 Å². The van der Waals surface area contributed by atoms with Gasteiger partial charge in [-0.15, -0.1) is 0 Å². The van der Waals surface area contributed by atoms with Gasteiger partial charge in [-0.05, 0) is 40.5 Å². The van der Waals surface area contributed by atoms with Crippen molar-refractivity contribution in [2.75, 3.05) is 11.9 Å². The monoisotopic (exact) mass is 327 g/mol. The Labute approximate surface area is 118 Å². The van der Waals surface area contributed by atoms with Crippen LogP contribution in [0.4, 0.5) is 5.69 Å². The molecule has 6 heteroatoms. The second kappa shape index (κ2) is 5.12. The number of hydrogen-bond acceptors (Lipinski definition) is 2. The predicted molar refractivity (Wildman–Crippen MR) is 75.2 cm³/mol. The van der Waals surface area contributed by atoms with Gasteiger partial charge in [-0.1, -0.05) is 17.7 Å².